The minimum absolute atomic E-state index is 0.692. The summed E-state index contributed by atoms with van der Waals surface area (Å²) in [5.74, 6) is -1.45. The van der Waals surface area contributed by atoms with Crippen LogP contribution in [0.25, 0.3) is 6.08 Å². The molecule has 0 spiro atoms. The Kier molecular flexibility index (Phi) is 6.61. The Labute approximate surface area is 130 Å². The summed E-state index contributed by atoms with van der Waals surface area (Å²) in [7, 11) is 1.13. The van der Waals surface area contributed by atoms with Crippen molar-refractivity contribution in [3.8, 4) is 0 Å². The standard InChI is InChI=1S/C14H14BrNO5/c1-9(13(18)16-14(19)20-2)21-12(17)7-6-10-4-3-5-11(15)8-10/h3-9H,1-2H3,(H,16,18,19)/b7-6+/t9-/m0/s1. The first-order chi connectivity index (χ1) is 9.92. The first kappa shape index (κ1) is 16.9. The Hall–Kier alpha value is -2.15. The van der Waals surface area contributed by atoms with Gasteiger partial charge in [-0.3, -0.25) is 10.1 Å². The van der Waals surface area contributed by atoms with Gasteiger partial charge in [0.05, 0.1) is 7.11 Å². The maximum absolute atomic E-state index is 11.6. The highest BCUT2D eigenvalue weighted by Gasteiger charge is 2.18. The molecule has 0 fully saturated rings. The molecule has 1 aromatic rings. The van der Waals surface area contributed by atoms with Crippen LogP contribution in [0.2, 0.25) is 0 Å². The SMILES string of the molecule is COC(=O)NC(=O)[C@H](C)OC(=O)/C=C/c1cccc(Br)c1. The molecule has 0 radical (unpaired) electrons. The summed E-state index contributed by atoms with van der Waals surface area (Å²) >= 11 is 3.31. The molecular weight excluding hydrogens is 342 g/mol. The summed E-state index contributed by atoms with van der Waals surface area (Å²) in [5, 5.41) is 1.91. The fourth-order valence-electron chi connectivity index (χ4n) is 1.29. The number of halogens is 1. The Morgan fingerprint density at radius 3 is 2.67 bits per heavy atom. The molecule has 0 aliphatic rings. The molecule has 1 rings (SSSR count). The van der Waals surface area contributed by atoms with Crippen LogP contribution in [0.5, 0.6) is 0 Å². The summed E-state index contributed by atoms with van der Waals surface area (Å²) in [5.41, 5.74) is 0.799. The van der Waals surface area contributed by atoms with Gasteiger partial charge in [-0.15, -0.1) is 0 Å². The molecule has 0 unspecified atom stereocenters. The van der Waals surface area contributed by atoms with E-state index in [-0.39, 0.29) is 0 Å². The number of hydrogen-bond acceptors (Lipinski definition) is 5. The van der Waals surface area contributed by atoms with Crippen molar-refractivity contribution in [2.45, 2.75) is 13.0 Å². The second-order valence-corrected chi connectivity index (χ2v) is 4.86. The van der Waals surface area contributed by atoms with Crippen LogP contribution < -0.4 is 5.32 Å². The van der Waals surface area contributed by atoms with Crippen LogP contribution in [0, 0.1) is 0 Å². The molecule has 0 aliphatic carbocycles. The zero-order chi connectivity index (χ0) is 15.8. The highest BCUT2D eigenvalue weighted by molar-refractivity contribution is 9.10. The van der Waals surface area contributed by atoms with Gasteiger partial charge in [-0.05, 0) is 30.7 Å². The van der Waals surface area contributed by atoms with E-state index in [0.717, 1.165) is 17.1 Å². The van der Waals surface area contributed by atoms with Crippen molar-refractivity contribution in [1.29, 1.82) is 0 Å². The van der Waals surface area contributed by atoms with Gasteiger partial charge in [0.25, 0.3) is 5.91 Å². The summed E-state index contributed by atoms with van der Waals surface area (Å²) in [6.07, 6.45) is 0.734. The molecule has 7 heteroatoms. The minimum Gasteiger partial charge on any atom is -0.453 e. The zero-order valence-electron chi connectivity index (χ0n) is 11.5. The van der Waals surface area contributed by atoms with E-state index < -0.39 is 24.1 Å². The van der Waals surface area contributed by atoms with Crippen molar-refractivity contribution in [2.24, 2.45) is 0 Å². The Bertz CT molecular complexity index is 570. The number of carbonyl (C=O) groups excluding carboxylic acids is 3. The lowest BCUT2D eigenvalue weighted by Crippen LogP contribution is -2.39. The van der Waals surface area contributed by atoms with Crippen molar-refractivity contribution in [3.63, 3.8) is 0 Å². The summed E-state index contributed by atoms with van der Waals surface area (Å²) < 4.78 is 9.99. The number of benzene rings is 1. The van der Waals surface area contributed by atoms with E-state index >= 15 is 0 Å². The Morgan fingerprint density at radius 2 is 2.05 bits per heavy atom. The molecule has 1 aromatic carbocycles. The number of imide groups is 1. The lowest BCUT2D eigenvalue weighted by Gasteiger charge is -2.10. The number of nitrogens with one attached hydrogen (secondary N) is 1. The van der Waals surface area contributed by atoms with Gasteiger partial charge in [0.1, 0.15) is 0 Å². The number of methoxy groups -OCH3 is 1. The van der Waals surface area contributed by atoms with E-state index in [1.807, 2.05) is 29.6 Å². The predicted octanol–water partition coefficient (Wildman–Crippen LogP) is 2.28. The van der Waals surface area contributed by atoms with Crippen LogP contribution in [0.4, 0.5) is 4.79 Å². The number of amides is 2. The van der Waals surface area contributed by atoms with Gasteiger partial charge in [-0.2, -0.15) is 0 Å². The van der Waals surface area contributed by atoms with E-state index in [1.54, 1.807) is 6.08 Å². The van der Waals surface area contributed by atoms with Crippen LogP contribution in [-0.2, 0) is 19.1 Å². The number of carbonyl (C=O) groups is 3. The first-order valence-electron chi connectivity index (χ1n) is 5.95. The van der Waals surface area contributed by atoms with E-state index in [9.17, 15) is 14.4 Å². The first-order valence-corrected chi connectivity index (χ1v) is 6.74. The van der Waals surface area contributed by atoms with Crippen LogP contribution in [0.3, 0.4) is 0 Å². The number of rotatable bonds is 4. The van der Waals surface area contributed by atoms with Crippen LogP contribution in [0.15, 0.2) is 34.8 Å². The van der Waals surface area contributed by atoms with Gasteiger partial charge in [0.2, 0.25) is 0 Å². The highest BCUT2D eigenvalue weighted by Crippen LogP contribution is 2.12. The highest BCUT2D eigenvalue weighted by atomic mass is 79.9. The molecular formula is C14H14BrNO5. The van der Waals surface area contributed by atoms with Gasteiger partial charge in [0.15, 0.2) is 6.10 Å². The number of hydrogen-bond donors (Lipinski definition) is 1. The molecule has 1 N–H and O–H groups in total. The quantitative estimate of drug-likeness (QED) is 0.661. The molecule has 2 amide bonds. The lowest BCUT2D eigenvalue weighted by molar-refractivity contribution is -0.149. The molecule has 0 saturated heterocycles. The molecule has 0 heterocycles. The monoisotopic (exact) mass is 355 g/mol. The van der Waals surface area contributed by atoms with Crippen LogP contribution in [0.1, 0.15) is 12.5 Å². The summed E-state index contributed by atoms with van der Waals surface area (Å²) in [6, 6.07) is 7.30. The summed E-state index contributed by atoms with van der Waals surface area (Å²) in [4.78, 5) is 33.8. The topological polar surface area (TPSA) is 81.7 Å². The fraction of sp³-hybridized carbons (Fsp3) is 0.214. The van der Waals surface area contributed by atoms with E-state index in [2.05, 4.69) is 20.7 Å². The molecule has 21 heavy (non-hydrogen) atoms. The Morgan fingerprint density at radius 1 is 1.33 bits per heavy atom. The van der Waals surface area contributed by atoms with Gasteiger partial charge in [0, 0.05) is 10.5 Å². The van der Waals surface area contributed by atoms with Gasteiger partial charge in [-0.1, -0.05) is 28.1 Å². The van der Waals surface area contributed by atoms with Crippen molar-refractivity contribution >= 4 is 40.0 Å². The minimum atomic E-state index is -1.11. The maximum atomic E-state index is 11.6. The average Bonchev–Trinajstić information content (AvgIpc) is 2.45. The predicted molar refractivity (Wildman–Crippen MR) is 79.3 cm³/mol. The van der Waals surface area contributed by atoms with E-state index in [4.69, 9.17) is 4.74 Å². The molecule has 0 aliphatic heterocycles. The van der Waals surface area contributed by atoms with E-state index in [1.165, 1.54) is 13.0 Å². The number of esters is 1. The van der Waals surface area contributed by atoms with Crippen molar-refractivity contribution in [2.75, 3.05) is 7.11 Å². The number of ether oxygens (including phenoxy) is 2. The molecule has 0 aromatic heterocycles. The van der Waals surface area contributed by atoms with Crippen molar-refractivity contribution < 1.29 is 23.9 Å². The van der Waals surface area contributed by atoms with Crippen LogP contribution >= 0.6 is 15.9 Å². The number of alkyl carbamates (subject to hydrolysis) is 1. The molecule has 112 valence electrons. The molecule has 1 atom stereocenters. The Balaban J connectivity index is 2.53. The lowest BCUT2D eigenvalue weighted by atomic mass is 10.2. The largest absolute Gasteiger partial charge is 0.453 e. The second-order valence-electron chi connectivity index (χ2n) is 3.95. The van der Waals surface area contributed by atoms with Crippen LogP contribution in [-0.4, -0.2) is 31.2 Å². The average molecular weight is 356 g/mol. The normalized spacial score (nSPS) is 11.8. The summed E-state index contributed by atoms with van der Waals surface area (Å²) in [6.45, 7) is 1.35. The molecule has 0 saturated carbocycles. The second kappa shape index (κ2) is 8.21. The van der Waals surface area contributed by atoms with Crippen molar-refractivity contribution in [3.05, 3.63) is 40.4 Å². The third-order valence-corrected chi connectivity index (χ3v) is 2.83. The van der Waals surface area contributed by atoms with Gasteiger partial charge < -0.3 is 9.47 Å². The zero-order valence-corrected chi connectivity index (χ0v) is 13.0. The van der Waals surface area contributed by atoms with E-state index in [0.29, 0.717) is 0 Å². The molecule has 0 bridgehead atoms. The molecule has 6 nitrogen and oxygen atoms in total. The smallest absolute Gasteiger partial charge is 0.413 e. The van der Waals surface area contributed by atoms with Gasteiger partial charge >= 0.3 is 12.1 Å². The van der Waals surface area contributed by atoms with Gasteiger partial charge in [-0.25, -0.2) is 9.59 Å². The van der Waals surface area contributed by atoms with Crippen molar-refractivity contribution in [1.82, 2.24) is 5.32 Å². The third-order valence-electron chi connectivity index (χ3n) is 2.33. The maximum Gasteiger partial charge on any atom is 0.413 e. The third kappa shape index (κ3) is 6.22. The fourth-order valence-corrected chi connectivity index (χ4v) is 1.71.